The van der Waals surface area contributed by atoms with Crippen LogP contribution in [0.3, 0.4) is 0 Å². The lowest BCUT2D eigenvalue weighted by molar-refractivity contribution is -0.120. The van der Waals surface area contributed by atoms with Gasteiger partial charge in [0.1, 0.15) is 17.8 Å². The fraction of sp³-hybridized carbons (Fsp3) is 0.440. The van der Waals surface area contributed by atoms with Crippen LogP contribution < -0.4 is 10.0 Å². The third-order valence-electron chi connectivity index (χ3n) is 5.87. The molecule has 0 bridgehead atoms. The summed E-state index contributed by atoms with van der Waals surface area (Å²) in [5, 5.41) is 2.54. The normalized spacial score (nSPS) is 20.1. The number of carbonyl (C=O) groups is 2. The minimum atomic E-state index is -3.82. The number of nitrogens with one attached hydrogen (secondary N) is 2. The lowest BCUT2D eigenvalue weighted by Gasteiger charge is -2.27. The Labute approximate surface area is 219 Å². The van der Waals surface area contributed by atoms with Crippen molar-refractivity contribution < 1.29 is 31.5 Å². The molecular formula is C25H28ClF2N3O5S. The van der Waals surface area contributed by atoms with Crippen molar-refractivity contribution in [2.45, 2.75) is 68.8 Å². The zero-order valence-corrected chi connectivity index (χ0v) is 22.1. The average Bonchev–Trinajstić information content (AvgIpc) is 3.50. The molecule has 2 atom stereocenters. The van der Waals surface area contributed by atoms with Gasteiger partial charge in [0, 0.05) is 28.6 Å². The van der Waals surface area contributed by atoms with Gasteiger partial charge < -0.3 is 10.1 Å². The van der Waals surface area contributed by atoms with Gasteiger partial charge in [0.2, 0.25) is 15.9 Å². The van der Waals surface area contributed by atoms with Gasteiger partial charge in [0.15, 0.2) is 5.82 Å². The summed E-state index contributed by atoms with van der Waals surface area (Å²) in [5.74, 6) is -1.64. The van der Waals surface area contributed by atoms with E-state index in [0.717, 1.165) is 17.7 Å². The molecule has 12 heteroatoms. The number of ether oxygens (including phenoxy) is 1. The summed E-state index contributed by atoms with van der Waals surface area (Å²) in [6.07, 6.45) is -1.03. The van der Waals surface area contributed by atoms with Gasteiger partial charge >= 0.3 is 6.09 Å². The molecule has 1 heterocycles. The molecule has 1 aliphatic carbocycles. The molecule has 0 unspecified atom stereocenters. The third-order valence-corrected chi connectivity index (χ3v) is 7.72. The molecule has 4 rings (SSSR count). The van der Waals surface area contributed by atoms with Crippen LogP contribution >= 0.6 is 11.6 Å². The molecule has 1 aliphatic heterocycles. The van der Waals surface area contributed by atoms with Gasteiger partial charge in [-0.1, -0.05) is 23.7 Å². The molecule has 0 spiro atoms. The topological polar surface area (TPSA) is 105 Å². The van der Waals surface area contributed by atoms with E-state index in [-0.39, 0.29) is 45.7 Å². The smallest absolute Gasteiger partial charge is 0.411 e. The number of rotatable bonds is 6. The molecule has 0 radical (unpaired) electrons. The van der Waals surface area contributed by atoms with Crippen molar-refractivity contribution in [1.29, 1.82) is 0 Å². The molecule has 2 fully saturated rings. The first-order valence-electron chi connectivity index (χ1n) is 11.8. The maximum absolute atomic E-state index is 15.6. The van der Waals surface area contributed by atoms with E-state index in [9.17, 15) is 22.4 Å². The van der Waals surface area contributed by atoms with E-state index in [1.165, 1.54) is 36.4 Å². The number of halogens is 3. The Kier molecular flexibility index (Phi) is 7.51. The van der Waals surface area contributed by atoms with E-state index in [2.05, 4.69) is 10.0 Å². The number of sulfonamides is 1. The van der Waals surface area contributed by atoms with E-state index >= 15 is 4.39 Å². The standard InChI is InChI=1S/C25H28ClF2N3O5S/c1-25(2,3)36-24(33)31-13-14(27)11-21(31)23(32)29-20-6-4-5-17(22(20)28)18-12-16(9-10-19(18)26)37(34,35)30-15-7-8-15/h4-6,9-10,12,14-15,21,30H,7-8,11,13H2,1-3H3,(H,29,32)/t14-,21+/m1/s1. The van der Waals surface area contributed by atoms with Crippen LogP contribution in [0.5, 0.6) is 0 Å². The first kappa shape index (κ1) is 27.3. The van der Waals surface area contributed by atoms with E-state index in [1.807, 2.05) is 0 Å². The second-order valence-corrected chi connectivity index (χ2v) is 12.3. The quantitative estimate of drug-likeness (QED) is 0.529. The lowest BCUT2D eigenvalue weighted by Crippen LogP contribution is -2.45. The highest BCUT2D eigenvalue weighted by Gasteiger charge is 2.42. The minimum absolute atomic E-state index is 0.0370. The summed E-state index contributed by atoms with van der Waals surface area (Å²) in [5.41, 5.74) is -0.990. The molecule has 200 valence electrons. The predicted molar refractivity (Wildman–Crippen MR) is 135 cm³/mol. The maximum Gasteiger partial charge on any atom is 0.411 e. The molecule has 0 aromatic heterocycles. The lowest BCUT2D eigenvalue weighted by atomic mass is 10.0. The van der Waals surface area contributed by atoms with Gasteiger partial charge in [-0.25, -0.2) is 26.7 Å². The zero-order chi connectivity index (χ0) is 27.1. The number of anilines is 1. The first-order chi connectivity index (χ1) is 17.2. The third kappa shape index (κ3) is 6.39. The molecular weight excluding hydrogens is 528 g/mol. The maximum atomic E-state index is 15.6. The van der Waals surface area contributed by atoms with E-state index < -0.39 is 45.7 Å². The number of amides is 2. The van der Waals surface area contributed by atoms with Crippen molar-refractivity contribution >= 4 is 39.3 Å². The van der Waals surface area contributed by atoms with Gasteiger partial charge in [-0.15, -0.1) is 0 Å². The van der Waals surface area contributed by atoms with Crippen LogP contribution in [0.15, 0.2) is 41.3 Å². The fourth-order valence-electron chi connectivity index (χ4n) is 3.97. The number of likely N-dealkylation sites (tertiary alicyclic amines) is 1. The summed E-state index contributed by atoms with van der Waals surface area (Å²) in [7, 11) is -3.82. The van der Waals surface area contributed by atoms with Crippen molar-refractivity contribution in [2.75, 3.05) is 11.9 Å². The number of hydrogen-bond donors (Lipinski definition) is 2. The Morgan fingerprint density at radius 2 is 1.84 bits per heavy atom. The number of nitrogens with zero attached hydrogens (tertiary/aromatic N) is 1. The van der Waals surface area contributed by atoms with Crippen molar-refractivity contribution in [3.05, 3.63) is 47.2 Å². The molecule has 2 aromatic carbocycles. The van der Waals surface area contributed by atoms with E-state index in [1.54, 1.807) is 20.8 Å². The minimum Gasteiger partial charge on any atom is -0.444 e. The number of hydrogen-bond acceptors (Lipinski definition) is 5. The van der Waals surface area contributed by atoms with Gasteiger partial charge in [-0.05, 0) is 57.9 Å². The van der Waals surface area contributed by atoms with Gasteiger partial charge in [0.05, 0.1) is 17.1 Å². The Morgan fingerprint density at radius 1 is 1.14 bits per heavy atom. The molecule has 2 N–H and O–H groups in total. The molecule has 2 amide bonds. The largest absolute Gasteiger partial charge is 0.444 e. The van der Waals surface area contributed by atoms with E-state index in [0.29, 0.717) is 0 Å². The van der Waals surface area contributed by atoms with Crippen LogP contribution in [-0.4, -0.2) is 55.7 Å². The SMILES string of the molecule is CC(C)(C)OC(=O)N1C[C@H](F)C[C@H]1C(=O)Nc1cccc(-c2cc(S(=O)(=O)NC3CC3)ccc2Cl)c1F. The summed E-state index contributed by atoms with van der Waals surface area (Å²) in [6, 6.07) is 6.83. The highest BCUT2D eigenvalue weighted by molar-refractivity contribution is 7.89. The summed E-state index contributed by atoms with van der Waals surface area (Å²) >= 11 is 6.29. The van der Waals surface area contributed by atoms with Crippen LogP contribution in [0, 0.1) is 5.82 Å². The van der Waals surface area contributed by atoms with Crippen LogP contribution in [-0.2, 0) is 19.6 Å². The van der Waals surface area contributed by atoms with Crippen LogP contribution in [0.2, 0.25) is 5.02 Å². The molecule has 37 heavy (non-hydrogen) atoms. The Morgan fingerprint density at radius 3 is 2.49 bits per heavy atom. The van der Waals surface area contributed by atoms with E-state index in [4.69, 9.17) is 16.3 Å². The highest BCUT2D eigenvalue weighted by Crippen LogP contribution is 2.35. The number of benzene rings is 2. The average molecular weight is 556 g/mol. The molecule has 8 nitrogen and oxygen atoms in total. The summed E-state index contributed by atoms with van der Waals surface area (Å²) in [6.45, 7) is 4.63. The number of alkyl halides is 1. The second kappa shape index (κ2) is 10.2. The Bertz CT molecular complexity index is 1330. The van der Waals surface area contributed by atoms with Crippen LogP contribution in [0.4, 0.5) is 19.3 Å². The second-order valence-electron chi connectivity index (χ2n) is 10.2. The Hall–Kier alpha value is -2.76. The van der Waals surface area contributed by atoms with Crippen molar-refractivity contribution in [2.24, 2.45) is 0 Å². The first-order valence-corrected chi connectivity index (χ1v) is 13.7. The van der Waals surface area contributed by atoms with Crippen molar-refractivity contribution in [1.82, 2.24) is 9.62 Å². The van der Waals surface area contributed by atoms with Gasteiger partial charge in [-0.2, -0.15) is 0 Å². The molecule has 2 aromatic rings. The van der Waals surface area contributed by atoms with Gasteiger partial charge in [0.25, 0.3) is 0 Å². The number of carbonyl (C=O) groups excluding carboxylic acids is 2. The van der Waals surface area contributed by atoms with Crippen LogP contribution in [0.1, 0.15) is 40.0 Å². The fourth-order valence-corrected chi connectivity index (χ4v) is 5.52. The van der Waals surface area contributed by atoms with Gasteiger partial charge in [-0.3, -0.25) is 9.69 Å². The Balaban J connectivity index is 1.59. The van der Waals surface area contributed by atoms with Crippen LogP contribution in [0.25, 0.3) is 11.1 Å². The molecule has 1 saturated carbocycles. The zero-order valence-electron chi connectivity index (χ0n) is 20.6. The highest BCUT2D eigenvalue weighted by atomic mass is 35.5. The monoisotopic (exact) mass is 555 g/mol. The molecule has 1 saturated heterocycles. The van der Waals surface area contributed by atoms with Crippen molar-refractivity contribution in [3.8, 4) is 11.1 Å². The molecule has 2 aliphatic rings. The predicted octanol–water partition coefficient (Wildman–Crippen LogP) is 4.87. The van der Waals surface area contributed by atoms with Crippen molar-refractivity contribution in [3.63, 3.8) is 0 Å². The summed E-state index contributed by atoms with van der Waals surface area (Å²) < 4.78 is 62.9. The summed E-state index contributed by atoms with van der Waals surface area (Å²) in [4.78, 5) is 26.4.